The number of rotatable bonds is 5. The monoisotopic (exact) mass is 337 g/mol. The second kappa shape index (κ2) is 6.41. The molecule has 7 nitrogen and oxygen atoms in total. The Bertz CT molecular complexity index is 701. The van der Waals surface area contributed by atoms with Crippen molar-refractivity contribution in [2.45, 2.75) is 30.8 Å². The number of anilines is 1. The van der Waals surface area contributed by atoms with Gasteiger partial charge in [0.25, 0.3) is 0 Å². The lowest BCUT2D eigenvalue weighted by atomic mass is 10.1. The summed E-state index contributed by atoms with van der Waals surface area (Å²) < 4.78 is 0. The van der Waals surface area contributed by atoms with Gasteiger partial charge in [0, 0.05) is 6.42 Å². The lowest BCUT2D eigenvalue weighted by Crippen LogP contribution is -2.32. The molecule has 1 fully saturated rings. The predicted molar refractivity (Wildman–Crippen MR) is 83.7 cm³/mol. The van der Waals surface area contributed by atoms with Crippen LogP contribution in [-0.2, 0) is 14.4 Å². The van der Waals surface area contributed by atoms with E-state index in [2.05, 4.69) is 0 Å². The number of aliphatic carboxylic acids is 1. The first-order valence-corrected chi connectivity index (χ1v) is 7.75. The number of nitrogens with zero attached hydrogens (tertiary/aromatic N) is 1. The van der Waals surface area contributed by atoms with Crippen LogP contribution in [-0.4, -0.2) is 44.5 Å². The second-order valence-electron chi connectivity index (χ2n) is 5.18. The molecular formula is C15H15NO6S. The van der Waals surface area contributed by atoms with Gasteiger partial charge in [0.15, 0.2) is 0 Å². The van der Waals surface area contributed by atoms with Crippen LogP contribution in [0.5, 0.6) is 0 Å². The average Bonchev–Trinajstić information content (AvgIpc) is 2.74. The summed E-state index contributed by atoms with van der Waals surface area (Å²) in [4.78, 5) is 47.6. The molecule has 1 saturated heterocycles. The number of aryl methyl sites for hydroxylation is 1. The van der Waals surface area contributed by atoms with Gasteiger partial charge in [0.1, 0.15) is 5.25 Å². The third-order valence-corrected chi connectivity index (χ3v) is 4.83. The molecule has 1 aliphatic heterocycles. The molecule has 2 atom stereocenters. The zero-order valence-electron chi connectivity index (χ0n) is 12.5. The standard InChI is InChI=1S/C15H15NO6S/c1-7-3-4-9(15(21)22)5-10(7)16-12(17)6-11(13(16)18)23-8(2)14(19)20/h3-5,8,11H,6H2,1-2H3,(H,19,20)(H,21,22). The molecule has 0 saturated carbocycles. The topological polar surface area (TPSA) is 112 Å². The summed E-state index contributed by atoms with van der Waals surface area (Å²) in [6, 6.07) is 4.20. The summed E-state index contributed by atoms with van der Waals surface area (Å²) in [5, 5.41) is 16.4. The average molecular weight is 337 g/mol. The highest BCUT2D eigenvalue weighted by Gasteiger charge is 2.42. The van der Waals surface area contributed by atoms with E-state index in [1.165, 1.54) is 25.1 Å². The summed E-state index contributed by atoms with van der Waals surface area (Å²) in [7, 11) is 0. The first kappa shape index (κ1) is 17.0. The number of imide groups is 1. The second-order valence-corrected chi connectivity index (χ2v) is 6.73. The summed E-state index contributed by atoms with van der Waals surface area (Å²) in [6.45, 7) is 3.12. The van der Waals surface area contributed by atoms with Crippen LogP contribution in [0.25, 0.3) is 0 Å². The molecule has 2 amide bonds. The lowest BCUT2D eigenvalue weighted by Gasteiger charge is -2.18. The SMILES string of the molecule is Cc1ccc(C(=O)O)cc1N1C(=O)CC(SC(C)C(=O)O)C1=O. The highest BCUT2D eigenvalue weighted by atomic mass is 32.2. The van der Waals surface area contributed by atoms with Crippen LogP contribution in [0.2, 0.25) is 0 Å². The van der Waals surface area contributed by atoms with Crippen molar-refractivity contribution < 1.29 is 29.4 Å². The van der Waals surface area contributed by atoms with Gasteiger partial charge >= 0.3 is 11.9 Å². The van der Waals surface area contributed by atoms with Gasteiger partial charge in [0.05, 0.1) is 16.5 Å². The molecule has 1 heterocycles. The van der Waals surface area contributed by atoms with Crippen LogP contribution in [0.15, 0.2) is 18.2 Å². The summed E-state index contributed by atoms with van der Waals surface area (Å²) in [5.41, 5.74) is 0.792. The fourth-order valence-electron chi connectivity index (χ4n) is 2.25. The van der Waals surface area contributed by atoms with E-state index in [9.17, 15) is 19.2 Å². The minimum Gasteiger partial charge on any atom is -0.480 e. The third kappa shape index (κ3) is 3.37. The highest BCUT2D eigenvalue weighted by molar-refractivity contribution is 8.01. The minimum absolute atomic E-state index is 0.0267. The smallest absolute Gasteiger partial charge is 0.335 e. The van der Waals surface area contributed by atoms with E-state index in [0.29, 0.717) is 5.56 Å². The maximum atomic E-state index is 12.5. The third-order valence-electron chi connectivity index (χ3n) is 3.52. The number of carbonyl (C=O) groups is 4. The largest absolute Gasteiger partial charge is 0.480 e. The molecule has 23 heavy (non-hydrogen) atoms. The molecule has 0 aliphatic carbocycles. The molecule has 1 aliphatic rings. The Morgan fingerprint density at radius 1 is 1.30 bits per heavy atom. The van der Waals surface area contributed by atoms with E-state index in [-0.39, 0.29) is 17.7 Å². The number of carbonyl (C=O) groups excluding carboxylic acids is 2. The van der Waals surface area contributed by atoms with Crippen molar-refractivity contribution in [1.29, 1.82) is 0 Å². The lowest BCUT2D eigenvalue weighted by molar-refractivity contribution is -0.136. The van der Waals surface area contributed by atoms with Crippen molar-refractivity contribution >= 4 is 41.2 Å². The Morgan fingerprint density at radius 2 is 1.96 bits per heavy atom. The number of carboxylic acid groups (broad SMARTS) is 2. The van der Waals surface area contributed by atoms with Crippen molar-refractivity contribution in [2.75, 3.05) is 4.90 Å². The summed E-state index contributed by atoms with van der Waals surface area (Å²) >= 11 is 0.914. The molecule has 1 aromatic rings. The Labute approximate surface area is 136 Å². The van der Waals surface area contributed by atoms with Crippen LogP contribution in [0.4, 0.5) is 5.69 Å². The van der Waals surface area contributed by atoms with Gasteiger partial charge in [-0.15, -0.1) is 11.8 Å². The van der Waals surface area contributed by atoms with Gasteiger partial charge in [0.2, 0.25) is 11.8 Å². The van der Waals surface area contributed by atoms with Crippen LogP contribution in [0.1, 0.15) is 29.3 Å². The van der Waals surface area contributed by atoms with Gasteiger partial charge in [-0.3, -0.25) is 14.4 Å². The number of hydrogen-bond acceptors (Lipinski definition) is 5. The van der Waals surface area contributed by atoms with Crippen LogP contribution >= 0.6 is 11.8 Å². The molecule has 122 valence electrons. The number of aromatic carboxylic acids is 1. The van der Waals surface area contributed by atoms with Crippen molar-refractivity contribution in [1.82, 2.24) is 0 Å². The van der Waals surface area contributed by atoms with Crippen molar-refractivity contribution in [3.63, 3.8) is 0 Å². The van der Waals surface area contributed by atoms with E-state index >= 15 is 0 Å². The van der Waals surface area contributed by atoms with Gasteiger partial charge in [-0.05, 0) is 31.5 Å². The zero-order valence-corrected chi connectivity index (χ0v) is 13.3. The highest BCUT2D eigenvalue weighted by Crippen LogP contribution is 2.33. The van der Waals surface area contributed by atoms with Crippen LogP contribution < -0.4 is 4.90 Å². The van der Waals surface area contributed by atoms with E-state index in [4.69, 9.17) is 10.2 Å². The summed E-state index contributed by atoms with van der Waals surface area (Å²) in [5.74, 6) is -3.19. The number of thioether (sulfide) groups is 1. The van der Waals surface area contributed by atoms with Gasteiger partial charge in [-0.25, -0.2) is 9.69 Å². The van der Waals surface area contributed by atoms with Crippen molar-refractivity contribution in [3.05, 3.63) is 29.3 Å². The first-order valence-electron chi connectivity index (χ1n) is 6.81. The van der Waals surface area contributed by atoms with E-state index < -0.39 is 34.3 Å². The predicted octanol–water partition coefficient (Wildman–Crippen LogP) is 1.53. The van der Waals surface area contributed by atoms with Crippen molar-refractivity contribution in [2.24, 2.45) is 0 Å². The Balaban J connectivity index is 2.32. The van der Waals surface area contributed by atoms with Gasteiger partial charge < -0.3 is 10.2 Å². The van der Waals surface area contributed by atoms with E-state index in [1.807, 2.05) is 0 Å². The fraction of sp³-hybridized carbons (Fsp3) is 0.333. The number of amides is 2. The normalized spacial score (nSPS) is 19.0. The number of benzene rings is 1. The Morgan fingerprint density at radius 3 is 2.52 bits per heavy atom. The molecule has 2 unspecified atom stereocenters. The zero-order chi connectivity index (χ0) is 17.3. The maximum absolute atomic E-state index is 12.5. The number of hydrogen-bond donors (Lipinski definition) is 2. The minimum atomic E-state index is -1.16. The molecule has 0 aromatic heterocycles. The molecule has 0 radical (unpaired) electrons. The van der Waals surface area contributed by atoms with Gasteiger partial charge in [-0.1, -0.05) is 6.07 Å². The molecule has 0 bridgehead atoms. The fourth-order valence-corrected chi connectivity index (χ4v) is 3.32. The molecule has 2 rings (SSSR count). The Kier molecular flexibility index (Phi) is 4.74. The van der Waals surface area contributed by atoms with Crippen molar-refractivity contribution in [3.8, 4) is 0 Å². The van der Waals surface area contributed by atoms with Crippen LogP contribution in [0, 0.1) is 6.92 Å². The van der Waals surface area contributed by atoms with Gasteiger partial charge in [-0.2, -0.15) is 0 Å². The molecular weight excluding hydrogens is 322 g/mol. The van der Waals surface area contributed by atoms with E-state index in [0.717, 1.165) is 16.7 Å². The van der Waals surface area contributed by atoms with Crippen LogP contribution in [0.3, 0.4) is 0 Å². The number of carboxylic acids is 2. The first-order chi connectivity index (χ1) is 10.7. The maximum Gasteiger partial charge on any atom is 0.335 e. The molecule has 2 N–H and O–H groups in total. The molecule has 8 heteroatoms. The summed E-state index contributed by atoms with van der Waals surface area (Å²) in [6.07, 6.45) is -0.0993. The Hall–Kier alpha value is -2.35. The molecule has 1 aromatic carbocycles. The molecule has 0 spiro atoms. The van der Waals surface area contributed by atoms with E-state index in [1.54, 1.807) is 6.92 Å². The quantitative estimate of drug-likeness (QED) is 0.784.